The maximum atomic E-state index is 13.1. The van der Waals surface area contributed by atoms with E-state index in [0.29, 0.717) is 48.7 Å². The monoisotopic (exact) mass is 437 g/mol. The van der Waals surface area contributed by atoms with Crippen LogP contribution in [0.1, 0.15) is 23.2 Å². The minimum atomic E-state index is -3.58. The van der Waals surface area contributed by atoms with E-state index < -0.39 is 20.9 Å². The van der Waals surface area contributed by atoms with Crippen LogP contribution in [-0.4, -0.2) is 58.9 Å². The molecule has 3 rings (SSSR count). The van der Waals surface area contributed by atoms with Crippen molar-refractivity contribution in [2.24, 2.45) is 0 Å². The van der Waals surface area contributed by atoms with Gasteiger partial charge in [0.15, 0.2) is 21.3 Å². The Labute approximate surface area is 175 Å². The van der Waals surface area contributed by atoms with Crippen molar-refractivity contribution >= 4 is 15.7 Å². The summed E-state index contributed by atoms with van der Waals surface area (Å²) in [5.41, 5.74) is 0.365. The standard InChI is InChI=1S/C21H24FNO6S/c1-27-18-12-14(13-19(28-2)20(18)29-3)21(24)23-10-8-17(9-11-23)30(25,26)16-6-4-15(22)5-7-16/h4-7,12-13,17H,8-11H2,1-3H3. The lowest BCUT2D eigenvalue weighted by Crippen LogP contribution is -2.42. The molecule has 0 bridgehead atoms. The summed E-state index contributed by atoms with van der Waals surface area (Å²) in [5, 5.41) is -0.619. The maximum absolute atomic E-state index is 13.1. The number of ether oxygens (including phenoxy) is 3. The Morgan fingerprint density at radius 1 is 0.967 bits per heavy atom. The Kier molecular flexibility index (Phi) is 6.50. The van der Waals surface area contributed by atoms with E-state index in [-0.39, 0.29) is 10.8 Å². The second kappa shape index (κ2) is 8.91. The van der Waals surface area contributed by atoms with Crippen molar-refractivity contribution in [2.45, 2.75) is 23.0 Å². The third-order valence-electron chi connectivity index (χ3n) is 5.22. The minimum absolute atomic E-state index is 0.0957. The third-order valence-corrected chi connectivity index (χ3v) is 7.50. The summed E-state index contributed by atoms with van der Waals surface area (Å²) in [5.74, 6) is 0.398. The molecule has 1 saturated heterocycles. The molecule has 2 aromatic rings. The van der Waals surface area contributed by atoms with Crippen LogP contribution in [0.25, 0.3) is 0 Å². The Balaban J connectivity index is 1.75. The van der Waals surface area contributed by atoms with Crippen molar-refractivity contribution in [1.82, 2.24) is 4.90 Å². The SMILES string of the molecule is COc1cc(C(=O)N2CCC(S(=O)(=O)c3ccc(F)cc3)CC2)cc(OC)c1OC. The molecule has 0 unspecified atom stereocenters. The first-order chi connectivity index (χ1) is 14.3. The molecule has 2 aromatic carbocycles. The average molecular weight is 437 g/mol. The van der Waals surface area contributed by atoms with E-state index >= 15 is 0 Å². The zero-order chi connectivity index (χ0) is 21.9. The fourth-order valence-electron chi connectivity index (χ4n) is 3.57. The summed E-state index contributed by atoms with van der Waals surface area (Å²) in [6, 6.07) is 7.97. The highest BCUT2D eigenvalue weighted by Crippen LogP contribution is 2.38. The van der Waals surface area contributed by atoms with Gasteiger partial charge in [-0.2, -0.15) is 0 Å². The number of halogens is 1. The molecule has 1 amide bonds. The van der Waals surface area contributed by atoms with E-state index in [4.69, 9.17) is 14.2 Å². The number of methoxy groups -OCH3 is 3. The molecule has 162 valence electrons. The molecular formula is C21H24FNO6S. The van der Waals surface area contributed by atoms with E-state index in [9.17, 15) is 17.6 Å². The number of benzene rings is 2. The van der Waals surface area contributed by atoms with Crippen molar-refractivity contribution in [3.05, 3.63) is 47.8 Å². The lowest BCUT2D eigenvalue weighted by Gasteiger charge is -2.32. The van der Waals surface area contributed by atoms with Crippen molar-refractivity contribution in [2.75, 3.05) is 34.4 Å². The van der Waals surface area contributed by atoms with Crippen LogP contribution in [0.4, 0.5) is 4.39 Å². The minimum Gasteiger partial charge on any atom is -0.493 e. The second-order valence-electron chi connectivity index (χ2n) is 6.90. The van der Waals surface area contributed by atoms with Crippen molar-refractivity contribution in [3.8, 4) is 17.2 Å². The second-order valence-corrected chi connectivity index (χ2v) is 9.13. The molecule has 0 N–H and O–H groups in total. The molecule has 1 aliphatic rings. The zero-order valence-electron chi connectivity index (χ0n) is 17.1. The molecule has 1 aliphatic heterocycles. The van der Waals surface area contributed by atoms with Gasteiger partial charge in [-0.3, -0.25) is 4.79 Å². The molecule has 0 atom stereocenters. The van der Waals surface area contributed by atoms with Crippen molar-refractivity contribution in [1.29, 1.82) is 0 Å². The van der Waals surface area contributed by atoms with Crippen molar-refractivity contribution in [3.63, 3.8) is 0 Å². The molecule has 0 aromatic heterocycles. The molecule has 9 heteroatoms. The van der Waals surface area contributed by atoms with Crippen molar-refractivity contribution < 1.29 is 31.8 Å². The zero-order valence-corrected chi connectivity index (χ0v) is 17.9. The predicted octanol–water partition coefficient (Wildman–Crippen LogP) is 2.93. The number of sulfone groups is 1. The lowest BCUT2D eigenvalue weighted by atomic mass is 10.1. The molecule has 0 radical (unpaired) electrons. The highest BCUT2D eigenvalue weighted by molar-refractivity contribution is 7.92. The number of piperidine rings is 1. The lowest BCUT2D eigenvalue weighted by molar-refractivity contribution is 0.0724. The van der Waals surface area contributed by atoms with E-state index in [1.54, 1.807) is 17.0 Å². The molecular weight excluding hydrogens is 413 g/mol. The quantitative estimate of drug-likeness (QED) is 0.647. The summed E-state index contributed by atoms with van der Waals surface area (Å²) in [4.78, 5) is 14.7. The first-order valence-electron chi connectivity index (χ1n) is 9.40. The van der Waals surface area contributed by atoms with Crippen LogP contribution in [0.3, 0.4) is 0 Å². The Morgan fingerprint density at radius 3 is 1.97 bits per heavy atom. The molecule has 1 fully saturated rings. The third kappa shape index (κ3) is 4.21. The van der Waals surface area contributed by atoms with Gasteiger partial charge in [0.05, 0.1) is 31.5 Å². The molecule has 7 nitrogen and oxygen atoms in total. The number of amides is 1. The fraction of sp³-hybridized carbons (Fsp3) is 0.381. The van der Waals surface area contributed by atoms with E-state index in [2.05, 4.69) is 0 Å². The number of hydrogen-bond acceptors (Lipinski definition) is 6. The van der Waals surface area contributed by atoms with E-state index in [0.717, 1.165) is 12.1 Å². The van der Waals surface area contributed by atoms with Gasteiger partial charge >= 0.3 is 0 Å². The molecule has 0 saturated carbocycles. The number of rotatable bonds is 6. The summed E-state index contributed by atoms with van der Waals surface area (Å²) in [6.07, 6.45) is 0.603. The normalized spacial score (nSPS) is 15.0. The van der Waals surface area contributed by atoms with Gasteiger partial charge in [-0.1, -0.05) is 0 Å². The van der Waals surface area contributed by atoms with Crippen LogP contribution in [0.15, 0.2) is 41.3 Å². The molecule has 1 heterocycles. The van der Waals surface area contributed by atoms with Crippen LogP contribution < -0.4 is 14.2 Å². The number of nitrogens with zero attached hydrogens (tertiary/aromatic N) is 1. The smallest absolute Gasteiger partial charge is 0.254 e. The van der Waals surface area contributed by atoms with E-state index in [1.165, 1.54) is 33.5 Å². The van der Waals surface area contributed by atoms with Gasteiger partial charge in [-0.15, -0.1) is 0 Å². The molecule has 30 heavy (non-hydrogen) atoms. The van der Waals surface area contributed by atoms with Gasteiger partial charge < -0.3 is 19.1 Å². The van der Waals surface area contributed by atoms with Gasteiger partial charge in [0, 0.05) is 18.7 Å². The van der Waals surface area contributed by atoms with Gasteiger partial charge in [-0.05, 0) is 49.2 Å². The predicted molar refractivity (Wildman–Crippen MR) is 109 cm³/mol. The summed E-state index contributed by atoms with van der Waals surface area (Å²) < 4.78 is 54.6. The summed E-state index contributed by atoms with van der Waals surface area (Å²) >= 11 is 0. The number of carbonyl (C=O) groups is 1. The number of hydrogen-bond donors (Lipinski definition) is 0. The average Bonchev–Trinajstić information content (AvgIpc) is 2.77. The van der Waals surface area contributed by atoms with Gasteiger partial charge in [-0.25, -0.2) is 12.8 Å². The van der Waals surface area contributed by atoms with E-state index in [1.807, 2.05) is 0 Å². The van der Waals surface area contributed by atoms with Crippen LogP contribution in [0.2, 0.25) is 0 Å². The fourth-order valence-corrected chi connectivity index (χ4v) is 5.30. The summed E-state index contributed by atoms with van der Waals surface area (Å²) in [7, 11) is 0.835. The van der Waals surface area contributed by atoms with Crippen LogP contribution in [0, 0.1) is 5.82 Å². The largest absolute Gasteiger partial charge is 0.493 e. The maximum Gasteiger partial charge on any atom is 0.254 e. The molecule has 0 aliphatic carbocycles. The number of likely N-dealkylation sites (tertiary alicyclic amines) is 1. The van der Waals surface area contributed by atoms with Gasteiger partial charge in [0.2, 0.25) is 5.75 Å². The van der Waals surface area contributed by atoms with Crippen LogP contribution >= 0.6 is 0 Å². The van der Waals surface area contributed by atoms with Gasteiger partial charge in [0.25, 0.3) is 5.91 Å². The van der Waals surface area contributed by atoms with Crippen LogP contribution in [-0.2, 0) is 9.84 Å². The Morgan fingerprint density at radius 2 is 1.50 bits per heavy atom. The molecule has 0 spiro atoms. The Hall–Kier alpha value is -2.81. The summed E-state index contributed by atoms with van der Waals surface area (Å²) in [6.45, 7) is 0.584. The highest BCUT2D eigenvalue weighted by atomic mass is 32.2. The Bertz CT molecular complexity index is 989. The highest BCUT2D eigenvalue weighted by Gasteiger charge is 2.33. The topological polar surface area (TPSA) is 82.1 Å². The first kappa shape index (κ1) is 21.9. The first-order valence-corrected chi connectivity index (χ1v) is 10.9. The van der Waals surface area contributed by atoms with Gasteiger partial charge in [0.1, 0.15) is 5.82 Å². The number of carbonyl (C=O) groups excluding carboxylic acids is 1. The van der Waals surface area contributed by atoms with Crippen LogP contribution in [0.5, 0.6) is 17.2 Å².